The molecule has 1 aliphatic rings. The summed E-state index contributed by atoms with van der Waals surface area (Å²) in [6.45, 7) is 3.68. The number of hydrogen-bond donors (Lipinski definition) is 1. The quantitative estimate of drug-likeness (QED) is 0.684. The number of carbonyl (C=O) groups is 1. The Bertz CT molecular complexity index is 198. The lowest BCUT2D eigenvalue weighted by molar-refractivity contribution is -0.138. The van der Waals surface area contributed by atoms with Gasteiger partial charge >= 0.3 is 5.97 Å². The lowest BCUT2D eigenvalue weighted by Crippen LogP contribution is -2.22. The molecule has 0 amide bonds. The normalized spacial score (nSPS) is 27.1. The average molecular weight is 195 g/mol. The molecule has 2 unspecified atom stereocenters. The van der Waals surface area contributed by atoms with Crippen LogP contribution < -0.4 is 0 Å². The van der Waals surface area contributed by atoms with Crippen molar-refractivity contribution in [2.45, 2.75) is 38.5 Å². The lowest BCUT2D eigenvalue weighted by Gasteiger charge is -2.30. The Kier molecular flexibility index (Phi) is 4.71. The van der Waals surface area contributed by atoms with Crippen molar-refractivity contribution in [2.75, 3.05) is 0 Å². The second-order valence-corrected chi connectivity index (χ2v) is 4.07. The molecule has 0 heterocycles. The second kappa shape index (κ2) is 5.84. The number of allylic oxidation sites excluding steroid dienone is 1. The van der Waals surface area contributed by atoms with Gasteiger partial charge in [-0.2, -0.15) is 0 Å². The van der Waals surface area contributed by atoms with Crippen LogP contribution >= 0.6 is 0 Å². The maximum atomic E-state index is 10.7. The van der Waals surface area contributed by atoms with Crippen LogP contribution in [-0.4, -0.2) is 11.1 Å². The van der Waals surface area contributed by atoms with Crippen LogP contribution in [0.4, 0.5) is 0 Å². The predicted octanol–water partition coefficient (Wildman–Crippen LogP) is 3.05. The van der Waals surface area contributed by atoms with Gasteiger partial charge in [-0.3, -0.25) is 4.79 Å². The number of hydrogen-bond acceptors (Lipinski definition) is 1. The van der Waals surface area contributed by atoms with Crippen LogP contribution in [0.1, 0.15) is 38.5 Å². The molecule has 0 bridgehead atoms. The molecular weight excluding hydrogens is 176 g/mol. The van der Waals surface area contributed by atoms with Gasteiger partial charge in [0.25, 0.3) is 0 Å². The van der Waals surface area contributed by atoms with Crippen LogP contribution in [0, 0.1) is 18.3 Å². The minimum atomic E-state index is -0.658. The highest BCUT2D eigenvalue weighted by atomic mass is 16.4. The maximum absolute atomic E-state index is 10.7. The Morgan fingerprint density at radius 1 is 1.43 bits per heavy atom. The van der Waals surface area contributed by atoms with Crippen molar-refractivity contribution < 1.29 is 9.90 Å². The maximum Gasteiger partial charge on any atom is 0.303 e. The molecule has 1 N–H and O–H groups in total. The molecule has 1 fully saturated rings. The summed E-state index contributed by atoms with van der Waals surface area (Å²) in [7, 11) is 0. The largest absolute Gasteiger partial charge is 0.481 e. The minimum Gasteiger partial charge on any atom is -0.481 e. The molecule has 0 spiro atoms. The zero-order valence-electron chi connectivity index (χ0n) is 8.61. The summed E-state index contributed by atoms with van der Waals surface area (Å²) < 4.78 is 0. The predicted molar refractivity (Wildman–Crippen MR) is 56.8 cm³/mol. The molecule has 1 aliphatic carbocycles. The van der Waals surface area contributed by atoms with Gasteiger partial charge in [-0.05, 0) is 37.5 Å². The van der Waals surface area contributed by atoms with Crippen LogP contribution in [0.15, 0.2) is 12.7 Å². The van der Waals surface area contributed by atoms with E-state index in [0.717, 1.165) is 19.3 Å². The van der Waals surface area contributed by atoms with E-state index >= 15 is 0 Å². The van der Waals surface area contributed by atoms with Gasteiger partial charge in [-0.1, -0.05) is 18.9 Å². The zero-order chi connectivity index (χ0) is 10.4. The third-order valence-corrected chi connectivity index (χ3v) is 3.01. The third-order valence-electron chi connectivity index (χ3n) is 3.01. The Morgan fingerprint density at radius 3 is 2.79 bits per heavy atom. The highest BCUT2D eigenvalue weighted by molar-refractivity contribution is 5.67. The molecule has 14 heavy (non-hydrogen) atoms. The summed E-state index contributed by atoms with van der Waals surface area (Å²) in [5.41, 5.74) is 0. The summed E-state index contributed by atoms with van der Waals surface area (Å²) >= 11 is 0. The van der Waals surface area contributed by atoms with Crippen molar-refractivity contribution in [1.29, 1.82) is 0 Å². The number of carboxylic acids is 1. The van der Waals surface area contributed by atoms with Gasteiger partial charge in [-0.25, -0.2) is 0 Å². The van der Waals surface area contributed by atoms with Gasteiger partial charge < -0.3 is 5.11 Å². The summed E-state index contributed by atoms with van der Waals surface area (Å²) in [5.74, 6) is 0.202. The van der Waals surface area contributed by atoms with E-state index in [9.17, 15) is 4.79 Å². The van der Waals surface area contributed by atoms with Gasteiger partial charge in [-0.15, -0.1) is 6.58 Å². The molecule has 1 saturated carbocycles. The first-order valence-electron chi connectivity index (χ1n) is 5.40. The van der Waals surface area contributed by atoms with E-state index in [1.807, 2.05) is 6.08 Å². The molecule has 0 aliphatic heterocycles. The summed E-state index contributed by atoms with van der Waals surface area (Å²) in [4.78, 5) is 10.7. The van der Waals surface area contributed by atoms with Gasteiger partial charge in [0.15, 0.2) is 0 Å². The lowest BCUT2D eigenvalue weighted by atomic mass is 9.75. The molecule has 2 nitrogen and oxygen atoms in total. The Labute approximate surface area is 86.0 Å². The van der Waals surface area contributed by atoms with Crippen molar-refractivity contribution in [3.63, 3.8) is 0 Å². The Morgan fingerprint density at radius 2 is 2.14 bits per heavy atom. The average Bonchev–Trinajstić information content (AvgIpc) is 2.16. The fraction of sp³-hybridized carbons (Fsp3) is 0.667. The first-order chi connectivity index (χ1) is 6.74. The highest BCUT2D eigenvalue weighted by Gasteiger charge is 2.26. The topological polar surface area (TPSA) is 37.3 Å². The molecule has 0 aromatic rings. The monoisotopic (exact) mass is 195 g/mol. The fourth-order valence-electron chi connectivity index (χ4n) is 2.30. The van der Waals surface area contributed by atoms with Crippen molar-refractivity contribution in [1.82, 2.24) is 0 Å². The SMILES string of the molecule is C=CC[CH]C1CCCCC1CC(=O)O. The van der Waals surface area contributed by atoms with E-state index in [1.165, 1.54) is 12.8 Å². The van der Waals surface area contributed by atoms with Gasteiger partial charge in [0.1, 0.15) is 0 Å². The Balaban J connectivity index is 2.41. The van der Waals surface area contributed by atoms with Crippen molar-refractivity contribution in [3.05, 3.63) is 19.1 Å². The molecule has 0 aromatic carbocycles. The van der Waals surface area contributed by atoms with E-state index in [2.05, 4.69) is 13.0 Å². The molecule has 79 valence electrons. The smallest absolute Gasteiger partial charge is 0.303 e. The van der Waals surface area contributed by atoms with Crippen molar-refractivity contribution in [3.8, 4) is 0 Å². The van der Waals surface area contributed by atoms with E-state index in [1.54, 1.807) is 0 Å². The molecular formula is C12H19O2. The standard InChI is InChI=1S/C12H19O2/c1-2-3-6-10-7-4-5-8-11(10)9-12(13)14/h2,6,10-11H,1,3-5,7-9H2,(H,13,14). The first kappa shape index (κ1) is 11.3. The summed E-state index contributed by atoms with van der Waals surface area (Å²) in [6, 6.07) is 0. The second-order valence-electron chi connectivity index (χ2n) is 4.07. The zero-order valence-corrected chi connectivity index (χ0v) is 8.61. The fourth-order valence-corrected chi connectivity index (χ4v) is 2.30. The molecule has 1 rings (SSSR count). The third kappa shape index (κ3) is 3.52. The van der Waals surface area contributed by atoms with E-state index in [4.69, 9.17) is 5.11 Å². The summed E-state index contributed by atoms with van der Waals surface area (Å²) in [6.07, 6.45) is 10.0. The van der Waals surface area contributed by atoms with Crippen LogP contribution in [-0.2, 0) is 4.79 Å². The number of rotatable bonds is 5. The number of aliphatic carboxylic acids is 1. The van der Waals surface area contributed by atoms with Crippen LogP contribution in [0.5, 0.6) is 0 Å². The van der Waals surface area contributed by atoms with Gasteiger partial charge in [0, 0.05) is 6.42 Å². The molecule has 2 atom stereocenters. The minimum absolute atomic E-state index is 0.332. The van der Waals surface area contributed by atoms with Crippen molar-refractivity contribution >= 4 is 5.97 Å². The van der Waals surface area contributed by atoms with E-state index in [-0.39, 0.29) is 0 Å². The Hall–Kier alpha value is -0.790. The van der Waals surface area contributed by atoms with Gasteiger partial charge in [0.05, 0.1) is 0 Å². The molecule has 2 heteroatoms. The molecule has 0 aromatic heterocycles. The van der Waals surface area contributed by atoms with Gasteiger partial charge in [0.2, 0.25) is 0 Å². The van der Waals surface area contributed by atoms with E-state index in [0.29, 0.717) is 18.3 Å². The highest BCUT2D eigenvalue weighted by Crippen LogP contribution is 2.34. The number of carboxylic acid groups (broad SMARTS) is 1. The van der Waals surface area contributed by atoms with E-state index < -0.39 is 5.97 Å². The molecule has 1 radical (unpaired) electrons. The van der Waals surface area contributed by atoms with Crippen LogP contribution in [0.3, 0.4) is 0 Å². The van der Waals surface area contributed by atoms with Crippen molar-refractivity contribution in [2.24, 2.45) is 11.8 Å². The molecule has 0 saturated heterocycles. The van der Waals surface area contributed by atoms with Crippen LogP contribution in [0.2, 0.25) is 0 Å². The first-order valence-corrected chi connectivity index (χ1v) is 5.40. The van der Waals surface area contributed by atoms with Crippen LogP contribution in [0.25, 0.3) is 0 Å². The summed E-state index contributed by atoms with van der Waals surface area (Å²) in [5, 5.41) is 8.77.